The third kappa shape index (κ3) is 2.90. The Morgan fingerprint density at radius 1 is 1.20 bits per heavy atom. The molecule has 1 aliphatic rings. The molecule has 1 aromatic carbocycles. The van der Waals surface area contributed by atoms with Gasteiger partial charge in [0, 0.05) is 25.6 Å². The van der Waals surface area contributed by atoms with E-state index in [0.717, 1.165) is 18.1 Å². The largest absolute Gasteiger partial charge is 0.366 e. The SMILES string of the molecule is CNc1nc(NCc2ccccc2C)cc(C2CC2)n1. The van der Waals surface area contributed by atoms with Gasteiger partial charge in [-0.3, -0.25) is 0 Å². The van der Waals surface area contributed by atoms with Crippen LogP contribution in [0.5, 0.6) is 0 Å². The average molecular weight is 268 g/mol. The van der Waals surface area contributed by atoms with Gasteiger partial charge in [-0.05, 0) is 30.9 Å². The first-order valence-electron chi connectivity index (χ1n) is 7.11. The number of aromatic nitrogens is 2. The van der Waals surface area contributed by atoms with Gasteiger partial charge in [-0.25, -0.2) is 4.98 Å². The van der Waals surface area contributed by atoms with Crippen molar-refractivity contribution in [2.45, 2.75) is 32.2 Å². The van der Waals surface area contributed by atoms with Gasteiger partial charge in [0.05, 0.1) is 5.69 Å². The Morgan fingerprint density at radius 3 is 2.70 bits per heavy atom. The van der Waals surface area contributed by atoms with E-state index in [1.54, 1.807) is 0 Å². The highest BCUT2D eigenvalue weighted by Crippen LogP contribution is 2.39. The second-order valence-corrected chi connectivity index (χ2v) is 5.31. The van der Waals surface area contributed by atoms with Crippen molar-refractivity contribution in [2.24, 2.45) is 0 Å². The van der Waals surface area contributed by atoms with Crippen molar-refractivity contribution in [3.8, 4) is 0 Å². The monoisotopic (exact) mass is 268 g/mol. The lowest BCUT2D eigenvalue weighted by molar-refractivity contribution is 0.978. The quantitative estimate of drug-likeness (QED) is 0.873. The van der Waals surface area contributed by atoms with Crippen LogP contribution in [0.15, 0.2) is 30.3 Å². The van der Waals surface area contributed by atoms with E-state index in [-0.39, 0.29) is 0 Å². The number of anilines is 2. The molecule has 0 aliphatic heterocycles. The van der Waals surface area contributed by atoms with Gasteiger partial charge < -0.3 is 10.6 Å². The third-order valence-electron chi connectivity index (χ3n) is 3.69. The van der Waals surface area contributed by atoms with Gasteiger partial charge in [0.1, 0.15) is 5.82 Å². The number of nitrogens with zero attached hydrogens (tertiary/aromatic N) is 2. The Balaban J connectivity index is 1.76. The zero-order valence-electron chi connectivity index (χ0n) is 12.0. The molecule has 104 valence electrons. The topological polar surface area (TPSA) is 49.8 Å². The Hall–Kier alpha value is -2.10. The van der Waals surface area contributed by atoms with Crippen LogP contribution in [-0.2, 0) is 6.54 Å². The summed E-state index contributed by atoms with van der Waals surface area (Å²) < 4.78 is 0. The van der Waals surface area contributed by atoms with Crippen LogP contribution in [0.3, 0.4) is 0 Å². The molecule has 2 aromatic rings. The molecule has 0 saturated heterocycles. The van der Waals surface area contributed by atoms with Gasteiger partial charge >= 0.3 is 0 Å². The van der Waals surface area contributed by atoms with Crippen LogP contribution >= 0.6 is 0 Å². The maximum Gasteiger partial charge on any atom is 0.224 e. The van der Waals surface area contributed by atoms with E-state index in [9.17, 15) is 0 Å². The fourth-order valence-electron chi connectivity index (χ4n) is 2.25. The van der Waals surface area contributed by atoms with E-state index in [4.69, 9.17) is 0 Å². The molecule has 0 radical (unpaired) electrons. The lowest BCUT2D eigenvalue weighted by atomic mass is 10.1. The fourth-order valence-corrected chi connectivity index (χ4v) is 2.25. The number of aryl methyl sites for hydroxylation is 1. The van der Waals surface area contributed by atoms with Crippen LogP contribution in [-0.4, -0.2) is 17.0 Å². The lowest BCUT2D eigenvalue weighted by Crippen LogP contribution is -2.07. The number of benzene rings is 1. The predicted octanol–water partition coefficient (Wildman–Crippen LogP) is 3.32. The van der Waals surface area contributed by atoms with Crippen molar-refractivity contribution in [1.29, 1.82) is 0 Å². The van der Waals surface area contributed by atoms with Crippen molar-refractivity contribution in [1.82, 2.24) is 9.97 Å². The molecular weight excluding hydrogens is 248 g/mol. The molecule has 1 aliphatic carbocycles. The zero-order chi connectivity index (χ0) is 13.9. The maximum atomic E-state index is 4.52. The summed E-state index contributed by atoms with van der Waals surface area (Å²) in [5.41, 5.74) is 3.74. The minimum Gasteiger partial charge on any atom is -0.366 e. The summed E-state index contributed by atoms with van der Waals surface area (Å²) >= 11 is 0. The molecule has 0 atom stereocenters. The van der Waals surface area contributed by atoms with E-state index in [1.165, 1.54) is 24.0 Å². The van der Waals surface area contributed by atoms with Crippen LogP contribution in [0, 0.1) is 6.92 Å². The van der Waals surface area contributed by atoms with E-state index >= 15 is 0 Å². The molecule has 20 heavy (non-hydrogen) atoms. The molecular formula is C16H20N4. The molecule has 0 amide bonds. The van der Waals surface area contributed by atoms with E-state index < -0.39 is 0 Å². The summed E-state index contributed by atoms with van der Waals surface area (Å²) in [7, 11) is 1.86. The number of hydrogen-bond acceptors (Lipinski definition) is 4. The molecule has 3 rings (SSSR count). The van der Waals surface area contributed by atoms with Crippen LogP contribution in [0.1, 0.15) is 35.6 Å². The van der Waals surface area contributed by atoms with Crippen molar-refractivity contribution in [3.05, 3.63) is 47.2 Å². The first-order valence-corrected chi connectivity index (χ1v) is 7.11. The molecule has 2 N–H and O–H groups in total. The predicted molar refractivity (Wildman–Crippen MR) is 82.1 cm³/mol. The molecule has 0 bridgehead atoms. The Morgan fingerprint density at radius 2 is 2.00 bits per heavy atom. The highest BCUT2D eigenvalue weighted by molar-refractivity contribution is 5.44. The van der Waals surface area contributed by atoms with E-state index in [0.29, 0.717) is 11.9 Å². The normalized spacial score (nSPS) is 14.1. The number of rotatable bonds is 5. The summed E-state index contributed by atoms with van der Waals surface area (Å²) in [4.78, 5) is 9.00. The molecule has 1 saturated carbocycles. The molecule has 1 fully saturated rings. The smallest absolute Gasteiger partial charge is 0.224 e. The van der Waals surface area contributed by atoms with Crippen LogP contribution in [0.25, 0.3) is 0 Å². The summed E-state index contributed by atoms with van der Waals surface area (Å²) in [6, 6.07) is 10.5. The maximum absolute atomic E-state index is 4.52. The Labute approximate surface area is 119 Å². The summed E-state index contributed by atoms with van der Waals surface area (Å²) in [5, 5.41) is 6.45. The Kier molecular flexibility index (Phi) is 3.54. The van der Waals surface area contributed by atoms with Gasteiger partial charge in [0.15, 0.2) is 0 Å². The zero-order valence-corrected chi connectivity index (χ0v) is 12.0. The minimum atomic E-state index is 0.629. The van der Waals surface area contributed by atoms with Gasteiger partial charge in [0.2, 0.25) is 5.95 Å². The highest BCUT2D eigenvalue weighted by atomic mass is 15.1. The molecule has 1 aromatic heterocycles. The van der Waals surface area contributed by atoms with Crippen LogP contribution in [0.2, 0.25) is 0 Å². The average Bonchev–Trinajstić information content (AvgIpc) is 3.31. The molecule has 4 nitrogen and oxygen atoms in total. The van der Waals surface area contributed by atoms with E-state index in [2.05, 4.69) is 57.9 Å². The fraction of sp³-hybridized carbons (Fsp3) is 0.375. The minimum absolute atomic E-state index is 0.629. The number of nitrogens with one attached hydrogen (secondary N) is 2. The second-order valence-electron chi connectivity index (χ2n) is 5.31. The van der Waals surface area contributed by atoms with Crippen molar-refractivity contribution >= 4 is 11.8 Å². The summed E-state index contributed by atoms with van der Waals surface area (Å²) in [5.74, 6) is 2.22. The van der Waals surface area contributed by atoms with Crippen LogP contribution in [0.4, 0.5) is 11.8 Å². The lowest BCUT2D eigenvalue weighted by Gasteiger charge is -2.11. The van der Waals surface area contributed by atoms with Gasteiger partial charge in [-0.1, -0.05) is 24.3 Å². The summed E-state index contributed by atoms with van der Waals surface area (Å²) in [6.07, 6.45) is 2.49. The molecule has 1 heterocycles. The first-order chi connectivity index (χ1) is 9.76. The second kappa shape index (κ2) is 5.49. The highest BCUT2D eigenvalue weighted by Gasteiger charge is 2.26. The standard InChI is InChI=1S/C16H20N4/c1-11-5-3-4-6-13(11)10-18-15-9-14(12-7-8-12)19-16(17-2)20-15/h3-6,9,12H,7-8,10H2,1-2H3,(H2,17,18,19,20). The van der Waals surface area contributed by atoms with Crippen molar-refractivity contribution in [3.63, 3.8) is 0 Å². The van der Waals surface area contributed by atoms with Gasteiger partial charge in [0.25, 0.3) is 0 Å². The van der Waals surface area contributed by atoms with Gasteiger partial charge in [-0.15, -0.1) is 0 Å². The first kappa shape index (κ1) is 12.9. The molecule has 4 heteroatoms. The number of hydrogen-bond donors (Lipinski definition) is 2. The van der Waals surface area contributed by atoms with Crippen LogP contribution < -0.4 is 10.6 Å². The third-order valence-corrected chi connectivity index (χ3v) is 3.69. The molecule has 0 spiro atoms. The van der Waals surface area contributed by atoms with E-state index in [1.807, 2.05) is 7.05 Å². The van der Waals surface area contributed by atoms with Gasteiger partial charge in [-0.2, -0.15) is 4.98 Å². The molecule has 0 unspecified atom stereocenters. The Bertz CT molecular complexity index is 605. The summed E-state index contributed by atoms with van der Waals surface area (Å²) in [6.45, 7) is 2.92. The van der Waals surface area contributed by atoms with Crippen molar-refractivity contribution < 1.29 is 0 Å². The van der Waals surface area contributed by atoms with Crippen molar-refractivity contribution in [2.75, 3.05) is 17.7 Å².